The third-order valence-electron chi connectivity index (χ3n) is 3.61. The lowest BCUT2D eigenvalue weighted by atomic mass is 10.0. The van der Waals surface area contributed by atoms with Crippen molar-refractivity contribution < 1.29 is 9.47 Å². The third kappa shape index (κ3) is 5.51. The molecule has 1 fully saturated rings. The van der Waals surface area contributed by atoms with Crippen LogP contribution in [0.1, 0.15) is 32.3 Å². The summed E-state index contributed by atoms with van der Waals surface area (Å²) in [4.78, 5) is 0. The maximum Gasteiger partial charge on any atom is 0.119 e. The van der Waals surface area contributed by atoms with Crippen molar-refractivity contribution in [2.75, 3.05) is 26.4 Å². The van der Waals surface area contributed by atoms with Gasteiger partial charge in [-0.2, -0.15) is 0 Å². The summed E-state index contributed by atoms with van der Waals surface area (Å²) in [6, 6.07) is 8.41. The van der Waals surface area contributed by atoms with Crippen LogP contribution in [-0.4, -0.2) is 26.4 Å². The number of hydrogen-bond donors (Lipinski definition) is 1. The Morgan fingerprint density at radius 3 is 2.85 bits per heavy atom. The highest BCUT2D eigenvalue weighted by Crippen LogP contribution is 2.18. The van der Waals surface area contributed by atoms with Gasteiger partial charge >= 0.3 is 0 Å². The fourth-order valence-corrected chi connectivity index (χ4v) is 2.38. The zero-order valence-corrected chi connectivity index (χ0v) is 12.7. The summed E-state index contributed by atoms with van der Waals surface area (Å²) >= 11 is 0. The van der Waals surface area contributed by atoms with Crippen molar-refractivity contribution in [3.8, 4) is 5.75 Å². The SMILES string of the molecule is CC(C)CNCc1cccc(OCC2CCOCC2)c1. The van der Waals surface area contributed by atoms with Crippen LogP contribution < -0.4 is 10.1 Å². The van der Waals surface area contributed by atoms with Crippen molar-refractivity contribution in [3.05, 3.63) is 29.8 Å². The lowest BCUT2D eigenvalue weighted by Gasteiger charge is -2.22. The molecule has 0 aliphatic carbocycles. The van der Waals surface area contributed by atoms with Gasteiger partial charge in [-0.1, -0.05) is 26.0 Å². The molecule has 1 aliphatic rings. The van der Waals surface area contributed by atoms with Gasteiger partial charge in [0.25, 0.3) is 0 Å². The minimum atomic E-state index is 0.645. The van der Waals surface area contributed by atoms with E-state index >= 15 is 0 Å². The van der Waals surface area contributed by atoms with E-state index in [1.807, 2.05) is 6.07 Å². The van der Waals surface area contributed by atoms with Crippen LogP contribution >= 0.6 is 0 Å². The van der Waals surface area contributed by atoms with Crippen LogP contribution in [0.25, 0.3) is 0 Å². The molecule has 1 aromatic carbocycles. The zero-order valence-electron chi connectivity index (χ0n) is 12.7. The molecule has 0 bridgehead atoms. The topological polar surface area (TPSA) is 30.5 Å². The van der Waals surface area contributed by atoms with E-state index in [0.29, 0.717) is 11.8 Å². The van der Waals surface area contributed by atoms with Gasteiger partial charge in [0.2, 0.25) is 0 Å². The average molecular weight is 277 g/mol. The largest absolute Gasteiger partial charge is 0.493 e. The second-order valence-corrected chi connectivity index (χ2v) is 6.04. The summed E-state index contributed by atoms with van der Waals surface area (Å²) in [6.45, 7) is 8.98. The Balaban J connectivity index is 1.76. The Bertz CT molecular complexity index is 386. The van der Waals surface area contributed by atoms with Gasteiger partial charge in [0.1, 0.15) is 5.75 Å². The van der Waals surface area contributed by atoms with E-state index in [1.165, 1.54) is 5.56 Å². The van der Waals surface area contributed by atoms with Gasteiger partial charge in [0, 0.05) is 19.8 Å². The van der Waals surface area contributed by atoms with Crippen LogP contribution in [0.5, 0.6) is 5.75 Å². The minimum Gasteiger partial charge on any atom is -0.493 e. The highest BCUT2D eigenvalue weighted by atomic mass is 16.5. The quantitative estimate of drug-likeness (QED) is 0.830. The van der Waals surface area contributed by atoms with E-state index in [4.69, 9.17) is 9.47 Å². The van der Waals surface area contributed by atoms with Crippen LogP contribution in [0, 0.1) is 11.8 Å². The van der Waals surface area contributed by atoms with Crippen molar-refractivity contribution in [3.63, 3.8) is 0 Å². The van der Waals surface area contributed by atoms with Gasteiger partial charge in [-0.05, 0) is 48.9 Å². The number of benzene rings is 1. The van der Waals surface area contributed by atoms with Crippen LogP contribution in [0.15, 0.2) is 24.3 Å². The average Bonchev–Trinajstić information content (AvgIpc) is 2.46. The van der Waals surface area contributed by atoms with E-state index in [1.54, 1.807) is 0 Å². The van der Waals surface area contributed by atoms with Crippen molar-refractivity contribution in [1.29, 1.82) is 0 Å². The molecule has 0 aromatic heterocycles. The number of nitrogens with one attached hydrogen (secondary N) is 1. The Kier molecular flexibility index (Phi) is 6.34. The van der Waals surface area contributed by atoms with Crippen molar-refractivity contribution >= 4 is 0 Å². The second-order valence-electron chi connectivity index (χ2n) is 6.04. The first-order valence-electron chi connectivity index (χ1n) is 7.74. The van der Waals surface area contributed by atoms with Crippen LogP contribution in [0.2, 0.25) is 0 Å². The lowest BCUT2D eigenvalue weighted by molar-refractivity contribution is 0.0497. The number of rotatable bonds is 7. The Hall–Kier alpha value is -1.06. The standard InChI is InChI=1S/C17H27NO2/c1-14(2)11-18-12-16-4-3-5-17(10-16)20-13-15-6-8-19-9-7-15/h3-5,10,14-15,18H,6-9,11-13H2,1-2H3. The van der Waals surface area contributed by atoms with E-state index in [9.17, 15) is 0 Å². The van der Waals surface area contributed by atoms with E-state index in [2.05, 4.69) is 37.4 Å². The van der Waals surface area contributed by atoms with Crippen molar-refractivity contribution in [1.82, 2.24) is 5.32 Å². The molecule has 1 aliphatic heterocycles. The highest BCUT2D eigenvalue weighted by Gasteiger charge is 2.14. The van der Waals surface area contributed by atoms with E-state index < -0.39 is 0 Å². The molecular formula is C17H27NO2. The molecule has 1 aromatic rings. The molecule has 112 valence electrons. The molecule has 20 heavy (non-hydrogen) atoms. The predicted molar refractivity (Wildman–Crippen MR) is 82.0 cm³/mol. The summed E-state index contributed by atoms with van der Waals surface area (Å²) in [5.41, 5.74) is 1.29. The summed E-state index contributed by atoms with van der Waals surface area (Å²) in [7, 11) is 0. The molecule has 0 unspecified atom stereocenters. The molecule has 1 heterocycles. The second kappa shape index (κ2) is 8.28. The van der Waals surface area contributed by atoms with E-state index in [0.717, 1.165) is 51.5 Å². The smallest absolute Gasteiger partial charge is 0.119 e. The Labute approximate surface area is 122 Å². The van der Waals surface area contributed by atoms with Gasteiger partial charge < -0.3 is 14.8 Å². The monoisotopic (exact) mass is 277 g/mol. The first kappa shape index (κ1) is 15.3. The van der Waals surface area contributed by atoms with Gasteiger partial charge in [-0.3, -0.25) is 0 Å². The molecule has 0 radical (unpaired) electrons. The summed E-state index contributed by atoms with van der Waals surface area (Å²) in [6.07, 6.45) is 2.24. The Morgan fingerprint density at radius 1 is 1.30 bits per heavy atom. The summed E-state index contributed by atoms with van der Waals surface area (Å²) in [5, 5.41) is 3.46. The fraction of sp³-hybridized carbons (Fsp3) is 0.647. The molecule has 1 N–H and O–H groups in total. The van der Waals surface area contributed by atoms with Crippen LogP contribution in [0.4, 0.5) is 0 Å². The molecule has 0 amide bonds. The van der Waals surface area contributed by atoms with Gasteiger partial charge in [0.05, 0.1) is 6.61 Å². The molecule has 2 rings (SSSR count). The zero-order chi connectivity index (χ0) is 14.2. The molecule has 0 spiro atoms. The van der Waals surface area contributed by atoms with Crippen molar-refractivity contribution in [2.45, 2.75) is 33.2 Å². The van der Waals surface area contributed by atoms with Gasteiger partial charge in [-0.15, -0.1) is 0 Å². The molecule has 3 nitrogen and oxygen atoms in total. The first-order valence-corrected chi connectivity index (χ1v) is 7.74. The third-order valence-corrected chi connectivity index (χ3v) is 3.61. The molecular weight excluding hydrogens is 250 g/mol. The maximum absolute atomic E-state index is 5.93. The predicted octanol–water partition coefficient (Wildman–Crippen LogP) is 3.24. The number of hydrogen-bond acceptors (Lipinski definition) is 3. The number of ether oxygens (including phenoxy) is 2. The first-order chi connectivity index (χ1) is 9.74. The minimum absolute atomic E-state index is 0.645. The summed E-state index contributed by atoms with van der Waals surface area (Å²) < 4.78 is 11.3. The Morgan fingerprint density at radius 2 is 2.10 bits per heavy atom. The fourth-order valence-electron chi connectivity index (χ4n) is 2.38. The van der Waals surface area contributed by atoms with Gasteiger partial charge in [0.15, 0.2) is 0 Å². The van der Waals surface area contributed by atoms with Crippen molar-refractivity contribution in [2.24, 2.45) is 11.8 Å². The molecule has 0 atom stereocenters. The van der Waals surface area contributed by atoms with Crippen LogP contribution in [0.3, 0.4) is 0 Å². The summed E-state index contributed by atoms with van der Waals surface area (Å²) in [5.74, 6) is 2.31. The molecule has 1 saturated heterocycles. The molecule has 0 saturated carbocycles. The maximum atomic E-state index is 5.93. The molecule has 3 heteroatoms. The van der Waals surface area contributed by atoms with E-state index in [-0.39, 0.29) is 0 Å². The lowest BCUT2D eigenvalue weighted by Crippen LogP contribution is -2.21. The van der Waals surface area contributed by atoms with Crippen LogP contribution in [-0.2, 0) is 11.3 Å². The highest BCUT2D eigenvalue weighted by molar-refractivity contribution is 5.28. The normalized spacial score (nSPS) is 16.6. The van der Waals surface area contributed by atoms with Gasteiger partial charge in [-0.25, -0.2) is 0 Å².